The van der Waals surface area contributed by atoms with Crippen molar-refractivity contribution in [3.05, 3.63) is 29.8 Å². The second-order valence-electron chi connectivity index (χ2n) is 3.51. The smallest absolute Gasteiger partial charge is 0.235 e. The van der Waals surface area contributed by atoms with Gasteiger partial charge >= 0.3 is 0 Å². The molecule has 0 amide bonds. The molecule has 1 aromatic rings. The average molecular weight is 205 g/mol. The van der Waals surface area contributed by atoms with E-state index in [1.54, 1.807) is 0 Å². The van der Waals surface area contributed by atoms with Gasteiger partial charge in [-0.05, 0) is 17.5 Å². The molecule has 1 rings (SSSR count). The van der Waals surface area contributed by atoms with Crippen LogP contribution in [0, 0.1) is 0 Å². The fourth-order valence-electron chi connectivity index (χ4n) is 1.34. The Bertz CT molecular complexity index is 354. The van der Waals surface area contributed by atoms with Gasteiger partial charge in [0.15, 0.2) is 0 Å². The Morgan fingerprint density at radius 1 is 1.40 bits per heavy atom. The van der Waals surface area contributed by atoms with Gasteiger partial charge in [0.2, 0.25) is 6.08 Å². The summed E-state index contributed by atoms with van der Waals surface area (Å²) in [7, 11) is 0. The first-order valence-electron chi connectivity index (χ1n) is 5.01. The van der Waals surface area contributed by atoms with Crippen molar-refractivity contribution in [1.29, 1.82) is 0 Å². The number of carbonyl (C=O) groups excluding carboxylic acids is 1. The Morgan fingerprint density at radius 2 is 2.13 bits per heavy atom. The quantitative estimate of drug-likeness (QED) is 0.421. The zero-order chi connectivity index (χ0) is 11.1. The van der Waals surface area contributed by atoms with Crippen LogP contribution >= 0.6 is 0 Å². The molecular weight excluding hydrogens is 190 g/mol. The lowest BCUT2D eigenvalue weighted by Crippen LogP contribution is -2.03. The molecular formula is C12H15NO2. The molecule has 3 heteroatoms. The highest BCUT2D eigenvalue weighted by atomic mass is 16.5. The number of nitrogens with zero attached hydrogens (tertiary/aromatic N) is 1. The van der Waals surface area contributed by atoms with Crippen molar-refractivity contribution in [3.63, 3.8) is 0 Å². The summed E-state index contributed by atoms with van der Waals surface area (Å²) < 4.78 is 5.53. The Morgan fingerprint density at radius 3 is 2.80 bits per heavy atom. The van der Waals surface area contributed by atoms with Crippen molar-refractivity contribution >= 4 is 6.08 Å². The number of benzene rings is 1. The molecule has 0 fully saturated rings. The van der Waals surface area contributed by atoms with E-state index in [-0.39, 0.29) is 0 Å². The summed E-state index contributed by atoms with van der Waals surface area (Å²) in [5.74, 6) is 1.30. The highest BCUT2D eigenvalue weighted by molar-refractivity contribution is 5.35. The van der Waals surface area contributed by atoms with Crippen LogP contribution in [0.2, 0.25) is 0 Å². The van der Waals surface area contributed by atoms with Gasteiger partial charge in [-0.1, -0.05) is 32.0 Å². The van der Waals surface area contributed by atoms with Crippen LogP contribution in [0.5, 0.6) is 5.75 Å². The van der Waals surface area contributed by atoms with Crippen molar-refractivity contribution in [1.82, 2.24) is 0 Å². The maximum Gasteiger partial charge on any atom is 0.235 e. The van der Waals surface area contributed by atoms with Crippen LogP contribution in [0.15, 0.2) is 29.3 Å². The van der Waals surface area contributed by atoms with Gasteiger partial charge in [-0.3, -0.25) is 0 Å². The zero-order valence-electron chi connectivity index (χ0n) is 9.06. The van der Waals surface area contributed by atoms with Crippen LogP contribution in [0.4, 0.5) is 0 Å². The lowest BCUT2D eigenvalue weighted by molar-refractivity contribution is 0.324. The predicted molar refractivity (Wildman–Crippen MR) is 59.0 cm³/mol. The van der Waals surface area contributed by atoms with E-state index in [1.807, 2.05) is 24.3 Å². The molecule has 1 aromatic carbocycles. The lowest BCUT2D eigenvalue weighted by atomic mass is 10.0. The Hall–Kier alpha value is -1.60. The van der Waals surface area contributed by atoms with E-state index in [2.05, 4.69) is 18.8 Å². The summed E-state index contributed by atoms with van der Waals surface area (Å²) in [6.07, 6.45) is 1.49. The molecule has 0 unspecified atom stereocenters. The molecule has 0 aliphatic carbocycles. The molecule has 0 heterocycles. The van der Waals surface area contributed by atoms with E-state index < -0.39 is 0 Å². The maximum atomic E-state index is 9.84. The Labute approximate surface area is 89.8 Å². The van der Waals surface area contributed by atoms with E-state index in [0.717, 1.165) is 5.75 Å². The third kappa shape index (κ3) is 3.56. The molecule has 0 bridgehead atoms. The lowest BCUT2D eigenvalue weighted by Gasteiger charge is -2.12. The van der Waals surface area contributed by atoms with Crippen LogP contribution in [0.1, 0.15) is 25.3 Å². The normalized spacial score (nSPS) is 9.80. The van der Waals surface area contributed by atoms with Crippen molar-refractivity contribution in [2.45, 2.75) is 19.8 Å². The van der Waals surface area contributed by atoms with E-state index in [9.17, 15) is 4.79 Å². The van der Waals surface area contributed by atoms with Crippen molar-refractivity contribution in [3.8, 4) is 5.75 Å². The predicted octanol–water partition coefficient (Wildman–Crippen LogP) is 2.52. The number of rotatable bonds is 5. The van der Waals surface area contributed by atoms with Crippen LogP contribution in [-0.2, 0) is 4.79 Å². The summed E-state index contributed by atoms with van der Waals surface area (Å²) in [5.41, 5.74) is 1.17. The second kappa shape index (κ2) is 5.99. The Balaban J connectivity index is 2.63. The molecule has 0 atom stereocenters. The van der Waals surface area contributed by atoms with Crippen molar-refractivity contribution in [2.24, 2.45) is 4.99 Å². The monoisotopic (exact) mass is 205 g/mol. The summed E-state index contributed by atoms with van der Waals surface area (Å²) >= 11 is 0. The zero-order valence-corrected chi connectivity index (χ0v) is 9.06. The fraction of sp³-hybridized carbons (Fsp3) is 0.417. The largest absolute Gasteiger partial charge is 0.491 e. The third-order valence-corrected chi connectivity index (χ3v) is 2.07. The van der Waals surface area contributed by atoms with Crippen LogP contribution in [0.25, 0.3) is 0 Å². The fourth-order valence-corrected chi connectivity index (χ4v) is 1.34. The highest BCUT2D eigenvalue weighted by Gasteiger charge is 2.05. The molecule has 0 aliphatic rings. The van der Waals surface area contributed by atoms with E-state index in [1.165, 1.54) is 11.6 Å². The molecule has 0 spiro atoms. The molecule has 80 valence electrons. The molecule has 0 aromatic heterocycles. The van der Waals surface area contributed by atoms with Gasteiger partial charge in [-0.2, -0.15) is 0 Å². The summed E-state index contributed by atoms with van der Waals surface area (Å²) in [5, 5.41) is 0. The van der Waals surface area contributed by atoms with Crippen LogP contribution in [-0.4, -0.2) is 19.2 Å². The minimum atomic E-state index is 0.357. The number of hydrogen-bond donors (Lipinski definition) is 0. The SMILES string of the molecule is CC(C)c1ccccc1OCCN=C=O. The first-order chi connectivity index (χ1) is 7.25. The van der Waals surface area contributed by atoms with Gasteiger partial charge in [0.1, 0.15) is 12.4 Å². The molecule has 3 nitrogen and oxygen atoms in total. The Kier molecular flexibility index (Phi) is 4.58. The number of para-hydroxylation sites is 1. The van der Waals surface area contributed by atoms with Gasteiger partial charge in [0.05, 0.1) is 6.54 Å². The topological polar surface area (TPSA) is 38.7 Å². The molecule has 0 radical (unpaired) electrons. The number of ether oxygens (including phenoxy) is 1. The molecule has 15 heavy (non-hydrogen) atoms. The third-order valence-electron chi connectivity index (χ3n) is 2.07. The van der Waals surface area contributed by atoms with E-state index in [4.69, 9.17) is 4.74 Å². The molecule has 0 saturated carbocycles. The molecule has 0 N–H and O–H groups in total. The summed E-state index contributed by atoms with van der Waals surface area (Å²) in [6, 6.07) is 7.90. The standard InChI is InChI=1S/C12H15NO2/c1-10(2)11-5-3-4-6-12(11)15-8-7-13-9-14/h3-6,10H,7-8H2,1-2H3. The minimum Gasteiger partial charge on any atom is -0.491 e. The highest BCUT2D eigenvalue weighted by Crippen LogP contribution is 2.25. The van der Waals surface area contributed by atoms with E-state index >= 15 is 0 Å². The second-order valence-corrected chi connectivity index (χ2v) is 3.51. The minimum absolute atomic E-state index is 0.357. The number of hydrogen-bond acceptors (Lipinski definition) is 3. The van der Waals surface area contributed by atoms with E-state index in [0.29, 0.717) is 19.1 Å². The number of aliphatic imine (C=N–C) groups is 1. The van der Waals surface area contributed by atoms with Gasteiger partial charge in [0, 0.05) is 0 Å². The number of isocyanates is 1. The maximum absolute atomic E-state index is 9.84. The van der Waals surface area contributed by atoms with Gasteiger partial charge < -0.3 is 4.74 Å². The molecule has 0 aliphatic heterocycles. The van der Waals surface area contributed by atoms with Crippen molar-refractivity contribution in [2.75, 3.05) is 13.2 Å². The van der Waals surface area contributed by atoms with Gasteiger partial charge in [-0.15, -0.1) is 0 Å². The summed E-state index contributed by atoms with van der Waals surface area (Å²) in [4.78, 5) is 13.3. The van der Waals surface area contributed by atoms with Gasteiger partial charge in [0.25, 0.3) is 0 Å². The average Bonchev–Trinajstić information content (AvgIpc) is 2.25. The van der Waals surface area contributed by atoms with Crippen LogP contribution < -0.4 is 4.74 Å². The first kappa shape index (κ1) is 11.5. The first-order valence-corrected chi connectivity index (χ1v) is 5.01. The van der Waals surface area contributed by atoms with Crippen molar-refractivity contribution < 1.29 is 9.53 Å². The molecule has 0 saturated heterocycles. The van der Waals surface area contributed by atoms with Gasteiger partial charge in [-0.25, -0.2) is 9.79 Å². The summed E-state index contributed by atoms with van der Waals surface area (Å²) in [6.45, 7) is 5.01. The van der Waals surface area contributed by atoms with Crippen LogP contribution in [0.3, 0.4) is 0 Å².